The molecule has 1 aliphatic heterocycles. The highest BCUT2D eigenvalue weighted by molar-refractivity contribution is 7.16. The number of benzene rings is 1. The van der Waals surface area contributed by atoms with Crippen LogP contribution < -0.4 is 16.4 Å². The molecule has 0 bridgehead atoms. The predicted molar refractivity (Wildman–Crippen MR) is 93.4 cm³/mol. The Kier molecular flexibility index (Phi) is 4.11. The fourth-order valence-corrected chi connectivity index (χ4v) is 3.92. The van der Waals surface area contributed by atoms with Gasteiger partial charge >= 0.3 is 0 Å². The summed E-state index contributed by atoms with van der Waals surface area (Å²) in [7, 11) is 0. The van der Waals surface area contributed by atoms with Gasteiger partial charge in [-0.15, -0.1) is 11.3 Å². The fourth-order valence-electron chi connectivity index (χ4n) is 2.86. The van der Waals surface area contributed by atoms with Crippen LogP contribution >= 0.6 is 11.3 Å². The summed E-state index contributed by atoms with van der Waals surface area (Å²) in [6, 6.07) is 7.21. The van der Waals surface area contributed by atoms with Crippen molar-refractivity contribution in [2.45, 2.75) is 26.2 Å². The fraction of sp³-hybridized carbons (Fsp3) is 0.235. The van der Waals surface area contributed by atoms with Crippen LogP contribution in [0.5, 0.6) is 0 Å². The number of nitrogens with two attached hydrogens (primary N) is 1. The van der Waals surface area contributed by atoms with Gasteiger partial charge in [0.15, 0.2) is 0 Å². The van der Waals surface area contributed by atoms with Gasteiger partial charge in [-0.3, -0.25) is 14.4 Å². The highest BCUT2D eigenvalue weighted by Gasteiger charge is 2.31. The maximum absolute atomic E-state index is 12.7. The van der Waals surface area contributed by atoms with Crippen molar-refractivity contribution in [3.8, 4) is 0 Å². The molecule has 1 aliphatic rings. The number of hydrogen-bond donors (Lipinski definition) is 3. The molecule has 24 heavy (non-hydrogen) atoms. The average Bonchev–Trinajstić information content (AvgIpc) is 2.80. The SMILES string of the molecule is Cc1sc(NC(=O)C2CC(=O)Nc3ccccc32)c(C(N)=O)c1C. The number of amides is 3. The molecule has 4 N–H and O–H groups in total. The van der Waals surface area contributed by atoms with E-state index in [1.807, 2.05) is 19.1 Å². The third-order valence-corrected chi connectivity index (χ3v) is 5.31. The van der Waals surface area contributed by atoms with Crippen LogP contribution in [0, 0.1) is 13.8 Å². The molecule has 124 valence electrons. The standard InChI is InChI=1S/C17H17N3O3S/c1-8-9(2)24-17(14(8)15(18)22)20-16(23)11-7-13(21)19-12-6-4-3-5-10(11)12/h3-6,11H,7H2,1-2H3,(H2,18,22)(H,19,21)(H,20,23). The maximum Gasteiger partial charge on any atom is 0.251 e. The zero-order chi connectivity index (χ0) is 17.4. The van der Waals surface area contributed by atoms with Crippen molar-refractivity contribution in [2.75, 3.05) is 10.6 Å². The topological polar surface area (TPSA) is 101 Å². The van der Waals surface area contributed by atoms with Gasteiger partial charge in [-0.1, -0.05) is 18.2 Å². The molecule has 0 fully saturated rings. The lowest BCUT2D eigenvalue weighted by Gasteiger charge is -2.24. The number of thiophene rings is 1. The number of primary amides is 1. The van der Waals surface area contributed by atoms with Crippen LogP contribution in [0.1, 0.15) is 38.7 Å². The molecular weight excluding hydrogens is 326 g/mol. The van der Waals surface area contributed by atoms with Crippen molar-refractivity contribution < 1.29 is 14.4 Å². The van der Waals surface area contributed by atoms with E-state index in [0.29, 0.717) is 16.3 Å². The Morgan fingerprint density at radius 2 is 2.00 bits per heavy atom. The molecule has 0 saturated heterocycles. The third-order valence-electron chi connectivity index (χ3n) is 4.18. The van der Waals surface area contributed by atoms with Gasteiger partial charge in [0.05, 0.1) is 11.5 Å². The molecule has 6 nitrogen and oxygen atoms in total. The first-order valence-electron chi connectivity index (χ1n) is 7.48. The first kappa shape index (κ1) is 16.2. The summed E-state index contributed by atoms with van der Waals surface area (Å²) >= 11 is 1.31. The van der Waals surface area contributed by atoms with E-state index in [-0.39, 0.29) is 18.2 Å². The van der Waals surface area contributed by atoms with Gasteiger partial charge in [0.1, 0.15) is 5.00 Å². The van der Waals surface area contributed by atoms with Gasteiger partial charge in [0.25, 0.3) is 5.91 Å². The van der Waals surface area contributed by atoms with Crippen LogP contribution in [0.25, 0.3) is 0 Å². The number of nitrogens with one attached hydrogen (secondary N) is 2. The van der Waals surface area contributed by atoms with E-state index in [0.717, 1.165) is 16.0 Å². The van der Waals surface area contributed by atoms with E-state index in [9.17, 15) is 14.4 Å². The lowest BCUT2D eigenvalue weighted by atomic mass is 9.90. The van der Waals surface area contributed by atoms with Gasteiger partial charge in [-0.2, -0.15) is 0 Å². The summed E-state index contributed by atoms with van der Waals surface area (Å²) in [5.41, 5.74) is 7.94. The molecule has 0 aliphatic carbocycles. The number of anilines is 2. The molecule has 0 radical (unpaired) electrons. The summed E-state index contributed by atoms with van der Waals surface area (Å²) in [5, 5.41) is 5.98. The summed E-state index contributed by atoms with van der Waals surface area (Å²) in [6.45, 7) is 3.66. The molecule has 2 aromatic rings. The highest BCUT2D eigenvalue weighted by atomic mass is 32.1. The van der Waals surface area contributed by atoms with E-state index >= 15 is 0 Å². The lowest BCUT2D eigenvalue weighted by Crippen LogP contribution is -2.31. The second-order valence-electron chi connectivity index (χ2n) is 5.73. The van der Waals surface area contributed by atoms with Crippen LogP contribution in [0.4, 0.5) is 10.7 Å². The number of rotatable bonds is 3. The van der Waals surface area contributed by atoms with Crippen LogP contribution in [0.3, 0.4) is 0 Å². The van der Waals surface area contributed by atoms with Crippen molar-refractivity contribution in [1.29, 1.82) is 0 Å². The summed E-state index contributed by atoms with van der Waals surface area (Å²) < 4.78 is 0. The van der Waals surface area contributed by atoms with Gasteiger partial charge in [0.2, 0.25) is 11.8 Å². The van der Waals surface area contributed by atoms with Crippen LogP contribution in [0.2, 0.25) is 0 Å². The Balaban J connectivity index is 1.93. The van der Waals surface area contributed by atoms with Crippen LogP contribution in [-0.2, 0) is 9.59 Å². The molecule has 0 saturated carbocycles. The monoisotopic (exact) mass is 343 g/mol. The van der Waals surface area contributed by atoms with E-state index in [2.05, 4.69) is 10.6 Å². The average molecular weight is 343 g/mol. The van der Waals surface area contributed by atoms with Gasteiger partial charge in [0, 0.05) is 17.0 Å². The quantitative estimate of drug-likeness (QED) is 0.798. The van der Waals surface area contributed by atoms with Crippen molar-refractivity contribution in [3.63, 3.8) is 0 Å². The van der Waals surface area contributed by atoms with Crippen molar-refractivity contribution >= 4 is 39.7 Å². The summed E-state index contributed by atoms with van der Waals surface area (Å²) in [5.74, 6) is -1.70. The van der Waals surface area contributed by atoms with E-state index < -0.39 is 11.8 Å². The predicted octanol–water partition coefficient (Wildman–Crippen LogP) is 2.53. The van der Waals surface area contributed by atoms with Gasteiger partial charge in [-0.25, -0.2) is 0 Å². The Hall–Kier alpha value is -2.67. The molecule has 7 heteroatoms. The van der Waals surface area contributed by atoms with Crippen molar-refractivity contribution in [1.82, 2.24) is 0 Å². The molecule has 1 unspecified atom stereocenters. The number of carbonyl (C=O) groups is 3. The number of hydrogen-bond acceptors (Lipinski definition) is 4. The van der Waals surface area contributed by atoms with Gasteiger partial charge < -0.3 is 16.4 Å². The Morgan fingerprint density at radius 3 is 2.71 bits per heavy atom. The van der Waals surface area contributed by atoms with Crippen molar-refractivity contribution in [2.24, 2.45) is 5.73 Å². The maximum atomic E-state index is 12.7. The first-order chi connectivity index (χ1) is 11.4. The number of fused-ring (bicyclic) bond motifs is 1. The molecule has 1 aromatic heterocycles. The van der Waals surface area contributed by atoms with Crippen LogP contribution in [-0.4, -0.2) is 17.7 Å². The lowest BCUT2D eigenvalue weighted by molar-refractivity contribution is -0.123. The smallest absolute Gasteiger partial charge is 0.251 e. The largest absolute Gasteiger partial charge is 0.365 e. The Labute approximate surface area is 143 Å². The minimum atomic E-state index is -0.599. The number of para-hydroxylation sites is 1. The third kappa shape index (κ3) is 2.78. The minimum Gasteiger partial charge on any atom is -0.365 e. The molecule has 0 spiro atoms. The Bertz CT molecular complexity index is 857. The Morgan fingerprint density at radius 1 is 1.29 bits per heavy atom. The molecule has 1 atom stereocenters. The van der Waals surface area contributed by atoms with Crippen LogP contribution in [0.15, 0.2) is 24.3 Å². The summed E-state index contributed by atoms with van der Waals surface area (Å²) in [4.78, 5) is 37.2. The zero-order valence-corrected chi connectivity index (χ0v) is 14.1. The second kappa shape index (κ2) is 6.09. The zero-order valence-electron chi connectivity index (χ0n) is 13.3. The molecular formula is C17H17N3O3S. The molecule has 2 heterocycles. The first-order valence-corrected chi connectivity index (χ1v) is 8.29. The minimum absolute atomic E-state index is 0.0676. The number of aryl methyl sites for hydroxylation is 1. The van der Waals surface area contributed by atoms with Gasteiger partial charge in [-0.05, 0) is 31.0 Å². The van der Waals surface area contributed by atoms with E-state index in [4.69, 9.17) is 5.73 Å². The number of carbonyl (C=O) groups excluding carboxylic acids is 3. The van der Waals surface area contributed by atoms with Crippen molar-refractivity contribution in [3.05, 3.63) is 45.8 Å². The summed E-state index contributed by atoms with van der Waals surface area (Å²) in [6.07, 6.45) is 0.0676. The normalized spacial score (nSPS) is 16.2. The van der Waals surface area contributed by atoms with E-state index in [1.54, 1.807) is 19.1 Å². The second-order valence-corrected chi connectivity index (χ2v) is 6.96. The molecule has 3 rings (SSSR count). The molecule has 1 aromatic carbocycles. The molecule has 3 amide bonds. The van der Waals surface area contributed by atoms with E-state index in [1.165, 1.54) is 11.3 Å². The highest BCUT2D eigenvalue weighted by Crippen LogP contribution is 2.36.